The average Bonchev–Trinajstić information content (AvgIpc) is 2.61. The van der Waals surface area contributed by atoms with Crippen molar-refractivity contribution >= 4 is 14.1 Å². The molecular formula is C18H15F6N2OP. The van der Waals surface area contributed by atoms with Gasteiger partial charge in [0.25, 0.3) is 0 Å². The first-order valence-corrected chi connectivity index (χ1v) is 9.83. The van der Waals surface area contributed by atoms with E-state index in [2.05, 4.69) is 34.1 Å². The predicted octanol–water partition coefficient (Wildman–Crippen LogP) is 6.28. The molecule has 0 aliphatic heterocycles. The van der Waals surface area contributed by atoms with Gasteiger partial charge in [0, 0.05) is 35.7 Å². The average molecular weight is 420 g/mol. The molecule has 150 valence electrons. The topological polar surface area (TPSA) is 33.8 Å². The van der Waals surface area contributed by atoms with E-state index in [-0.39, 0.29) is 0 Å². The fraction of sp³-hybridized carbons (Fsp3) is 0.0556. The van der Waals surface area contributed by atoms with Gasteiger partial charge in [-0.05, 0) is 23.3 Å². The van der Waals surface area contributed by atoms with Crippen molar-refractivity contribution in [3.63, 3.8) is 0 Å². The van der Waals surface area contributed by atoms with Crippen LogP contribution in [0, 0.1) is 0 Å². The Morgan fingerprint density at radius 1 is 0.786 bits per heavy atom. The number of halogens is 6. The summed E-state index contributed by atoms with van der Waals surface area (Å²) in [5, 5.41) is 0. The van der Waals surface area contributed by atoms with Crippen LogP contribution in [0.15, 0.2) is 73.3 Å². The molecule has 28 heavy (non-hydrogen) atoms. The number of pyridine rings is 2. The van der Waals surface area contributed by atoms with E-state index in [0.717, 1.165) is 18.4 Å². The number of nitrogens with zero attached hydrogens (tertiary/aromatic N) is 2. The second kappa shape index (κ2) is 7.31. The first kappa shape index (κ1) is 21.5. The number of carbonyl (C=O) groups is 1. The molecule has 10 heteroatoms. The van der Waals surface area contributed by atoms with Gasteiger partial charge in [0.05, 0.1) is 0 Å². The van der Waals surface area contributed by atoms with E-state index in [1.165, 1.54) is 11.1 Å². The van der Waals surface area contributed by atoms with E-state index in [4.69, 9.17) is 0 Å². The molecule has 0 N–H and O–H groups in total. The molecule has 0 amide bonds. The molecule has 0 radical (unpaired) electrons. The Morgan fingerprint density at radius 3 is 1.71 bits per heavy atom. The Hall–Kier alpha value is -2.80. The van der Waals surface area contributed by atoms with Crippen molar-refractivity contribution in [2.24, 2.45) is 0 Å². The number of rotatable bonds is 4. The Morgan fingerprint density at radius 2 is 1.25 bits per heavy atom. The largest absolute Gasteiger partial charge is 0.298 e. The van der Waals surface area contributed by atoms with Crippen LogP contribution < -0.4 is 4.57 Å². The van der Waals surface area contributed by atoms with Gasteiger partial charge in [0.1, 0.15) is 6.29 Å². The maximum Gasteiger partial charge on any atom is 0.173 e. The maximum atomic E-state index is 10.6. The number of aldehydes is 1. The third-order valence-electron chi connectivity index (χ3n) is 3.39. The molecule has 0 spiro atoms. The molecule has 0 saturated carbocycles. The minimum Gasteiger partial charge on any atom is -0.298 e. The zero-order valence-electron chi connectivity index (χ0n) is 14.2. The summed E-state index contributed by atoms with van der Waals surface area (Å²) in [4.78, 5) is 14.7. The quantitative estimate of drug-likeness (QED) is 0.216. The van der Waals surface area contributed by atoms with Crippen molar-refractivity contribution in [1.82, 2.24) is 4.98 Å². The molecule has 3 rings (SSSR count). The van der Waals surface area contributed by atoms with Crippen molar-refractivity contribution in [2.45, 2.75) is 6.54 Å². The Kier molecular flexibility index (Phi) is 5.62. The van der Waals surface area contributed by atoms with Gasteiger partial charge in [0.2, 0.25) is 0 Å². The number of aromatic nitrogens is 2. The van der Waals surface area contributed by atoms with Crippen LogP contribution >= 0.6 is 7.81 Å². The van der Waals surface area contributed by atoms with Gasteiger partial charge >= 0.3 is 33.0 Å². The van der Waals surface area contributed by atoms with E-state index in [1.807, 2.05) is 36.4 Å². The maximum absolute atomic E-state index is 10.7. The third-order valence-corrected chi connectivity index (χ3v) is 3.39. The van der Waals surface area contributed by atoms with Gasteiger partial charge in [0.15, 0.2) is 18.9 Å². The Bertz CT molecular complexity index is 917. The molecule has 3 aromatic rings. The molecule has 0 unspecified atom stereocenters. The van der Waals surface area contributed by atoms with E-state index in [9.17, 15) is 30.0 Å². The van der Waals surface area contributed by atoms with E-state index in [0.29, 0.717) is 5.56 Å². The molecule has 0 aliphatic rings. The van der Waals surface area contributed by atoms with Crippen molar-refractivity contribution in [2.75, 3.05) is 0 Å². The summed E-state index contributed by atoms with van der Waals surface area (Å²) in [5.74, 6) is 0. The first-order chi connectivity index (χ1) is 12.8. The summed E-state index contributed by atoms with van der Waals surface area (Å²) in [6.07, 6.45) is 8.57. The van der Waals surface area contributed by atoms with Gasteiger partial charge in [-0.2, -0.15) is 0 Å². The number of carbonyl (C=O) groups excluding carboxylic acids is 1. The summed E-state index contributed by atoms with van der Waals surface area (Å²) in [7, 11) is -10.7. The Balaban J connectivity index is 0.000000345. The van der Waals surface area contributed by atoms with Gasteiger partial charge in [-0.3, -0.25) is 9.78 Å². The molecule has 0 atom stereocenters. The standard InChI is InChI=1S/C18H15N2O.F6P/c21-14-16-3-1-15(2-4-16)13-20-11-7-18(8-12-20)17-5-9-19-10-6-17;1-7(2,3,4,5)6/h1-12,14H,13H2;/q+1;-1. The van der Waals surface area contributed by atoms with Crippen LogP contribution in [0.4, 0.5) is 25.2 Å². The monoisotopic (exact) mass is 420 g/mol. The Labute approximate surface area is 156 Å². The summed E-state index contributed by atoms with van der Waals surface area (Å²) in [6.45, 7) is 0.787. The normalized spacial score (nSPS) is 13.5. The summed E-state index contributed by atoms with van der Waals surface area (Å²) >= 11 is 0. The second-order valence-electron chi connectivity index (χ2n) is 5.81. The minimum atomic E-state index is -10.7. The van der Waals surface area contributed by atoms with Gasteiger partial charge in [-0.25, -0.2) is 4.57 Å². The van der Waals surface area contributed by atoms with Gasteiger partial charge < -0.3 is 0 Å². The number of benzene rings is 1. The van der Waals surface area contributed by atoms with E-state index < -0.39 is 7.81 Å². The number of hydrogen-bond donors (Lipinski definition) is 0. The van der Waals surface area contributed by atoms with Crippen LogP contribution in [0.3, 0.4) is 0 Å². The zero-order valence-corrected chi connectivity index (χ0v) is 15.1. The summed E-state index contributed by atoms with van der Waals surface area (Å²) in [6, 6.07) is 15.8. The van der Waals surface area contributed by atoms with Crippen molar-refractivity contribution < 1.29 is 34.5 Å². The van der Waals surface area contributed by atoms with Crippen molar-refractivity contribution in [3.8, 4) is 11.1 Å². The molecule has 2 heterocycles. The molecule has 0 saturated heterocycles. The van der Waals surface area contributed by atoms with Crippen LogP contribution in [0.25, 0.3) is 11.1 Å². The molecule has 3 nitrogen and oxygen atoms in total. The van der Waals surface area contributed by atoms with Crippen molar-refractivity contribution in [1.29, 1.82) is 0 Å². The predicted molar refractivity (Wildman–Crippen MR) is 94.4 cm³/mol. The summed E-state index contributed by atoms with van der Waals surface area (Å²) < 4.78 is 61.3. The second-order valence-corrected chi connectivity index (χ2v) is 7.73. The fourth-order valence-corrected chi connectivity index (χ4v) is 2.21. The van der Waals surface area contributed by atoms with E-state index in [1.54, 1.807) is 12.4 Å². The smallest absolute Gasteiger partial charge is 0.173 e. The van der Waals surface area contributed by atoms with Crippen LogP contribution in [0.5, 0.6) is 0 Å². The molecule has 0 fully saturated rings. The van der Waals surface area contributed by atoms with Gasteiger partial charge in [-0.15, -0.1) is 0 Å². The van der Waals surface area contributed by atoms with Crippen LogP contribution in [-0.2, 0) is 6.54 Å². The van der Waals surface area contributed by atoms with Gasteiger partial charge in [-0.1, -0.05) is 24.3 Å². The molecule has 0 aliphatic carbocycles. The third kappa shape index (κ3) is 9.23. The molecular weight excluding hydrogens is 405 g/mol. The molecule has 2 aromatic heterocycles. The van der Waals surface area contributed by atoms with Crippen LogP contribution in [-0.4, -0.2) is 11.3 Å². The first-order valence-electron chi connectivity index (χ1n) is 7.80. The van der Waals surface area contributed by atoms with Crippen LogP contribution in [0.2, 0.25) is 0 Å². The SMILES string of the molecule is F[P-](F)(F)(F)(F)F.O=Cc1ccc(C[n+]2ccc(-c3ccncc3)cc2)cc1. The summed E-state index contributed by atoms with van der Waals surface area (Å²) in [5.41, 5.74) is 4.21. The minimum absolute atomic E-state index is 0.705. The molecule has 0 bridgehead atoms. The zero-order chi connectivity index (χ0) is 20.9. The van der Waals surface area contributed by atoms with Crippen LogP contribution in [0.1, 0.15) is 15.9 Å². The van der Waals surface area contributed by atoms with E-state index >= 15 is 0 Å². The molecule has 1 aromatic carbocycles. The fourth-order valence-electron chi connectivity index (χ4n) is 2.21. The van der Waals surface area contributed by atoms with Crippen molar-refractivity contribution in [3.05, 3.63) is 84.4 Å². The number of hydrogen-bond acceptors (Lipinski definition) is 2.